The molecule has 86 valence electrons. The van der Waals surface area contributed by atoms with E-state index in [4.69, 9.17) is 0 Å². The first-order valence-corrected chi connectivity index (χ1v) is 4.87. The molecule has 2 rings (SSSR count). The number of carbonyl (C=O) groups excluding carboxylic acids is 1. The van der Waals surface area contributed by atoms with Crippen LogP contribution < -0.4 is 5.32 Å². The summed E-state index contributed by atoms with van der Waals surface area (Å²) >= 11 is 0. The van der Waals surface area contributed by atoms with E-state index < -0.39 is 17.5 Å². The Morgan fingerprint density at radius 2 is 2.18 bits per heavy atom. The van der Waals surface area contributed by atoms with E-state index in [1.165, 1.54) is 12.3 Å². The van der Waals surface area contributed by atoms with Gasteiger partial charge in [-0.25, -0.2) is 4.39 Å². The van der Waals surface area contributed by atoms with Crippen LogP contribution in [0.2, 0.25) is 0 Å². The average molecular weight is 232 g/mol. The van der Waals surface area contributed by atoms with E-state index in [0.717, 1.165) is 12.1 Å². The van der Waals surface area contributed by atoms with E-state index in [1.807, 2.05) is 0 Å². The summed E-state index contributed by atoms with van der Waals surface area (Å²) in [6, 6.07) is 6.54. The molecule has 0 aliphatic rings. The molecule has 0 unspecified atom stereocenters. The second kappa shape index (κ2) is 4.61. The minimum absolute atomic E-state index is 0.00949. The van der Waals surface area contributed by atoms with Gasteiger partial charge in [0.1, 0.15) is 11.6 Å². The second-order valence-corrected chi connectivity index (χ2v) is 3.36. The first-order chi connectivity index (χ1) is 8.16. The van der Waals surface area contributed by atoms with Gasteiger partial charge >= 0.3 is 0 Å². The fourth-order valence-electron chi connectivity index (χ4n) is 1.33. The zero-order valence-electron chi connectivity index (χ0n) is 8.72. The van der Waals surface area contributed by atoms with Gasteiger partial charge in [0, 0.05) is 12.3 Å². The summed E-state index contributed by atoms with van der Waals surface area (Å²) in [5, 5.41) is 12.0. The summed E-state index contributed by atoms with van der Waals surface area (Å²) in [6.07, 6.45) is 3.05. The van der Waals surface area contributed by atoms with Crippen LogP contribution >= 0.6 is 0 Å². The van der Waals surface area contributed by atoms with E-state index in [9.17, 15) is 14.3 Å². The van der Waals surface area contributed by atoms with Crippen molar-refractivity contribution in [2.75, 3.05) is 5.32 Å². The molecule has 1 aromatic heterocycles. The van der Waals surface area contributed by atoms with Gasteiger partial charge in [0.2, 0.25) is 0 Å². The number of phenols is 1. The van der Waals surface area contributed by atoms with Crippen molar-refractivity contribution in [3.63, 3.8) is 0 Å². The van der Waals surface area contributed by atoms with Crippen molar-refractivity contribution in [1.82, 2.24) is 4.98 Å². The lowest BCUT2D eigenvalue weighted by Gasteiger charge is -2.06. The highest BCUT2D eigenvalue weighted by Crippen LogP contribution is 2.19. The summed E-state index contributed by atoms with van der Waals surface area (Å²) < 4.78 is 12.7. The molecule has 1 heterocycles. The van der Waals surface area contributed by atoms with Crippen molar-refractivity contribution < 1.29 is 14.3 Å². The Balaban J connectivity index is 2.21. The second-order valence-electron chi connectivity index (χ2n) is 3.36. The van der Waals surface area contributed by atoms with Crippen LogP contribution in [0.3, 0.4) is 0 Å². The molecule has 0 bridgehead atoms. The smallest absolute Gasteiger partial charge is 0.259 e. The Bertz CT molecular complexity index is 543. The molecule has 0 saturated carbocycles. The molecular formula is C12H9FN2O2. The SMILES string of the molecule is O=C(Nc1cccnc1)c1ccc(F)cc1O. The van der Waals surface area contributed by atoms with Crippen molar-refractivity contribution in [3.8, 4) is 5.75 Å². The van der Waals surface area contributed by atoms with E-state index in [1.54, 1.807) is 18.3 Å². The minimum Gasteiger partial charge on any atom is -0.507 e. The lowest BCUT2D eigenvalue weighted by atomic mass is 10.2. The van der Waals surface area contributed by atoms with Crippen molar-refractivity contribution in [2.45, 2.75) is 0 Å². The highest BCUT2D eigenvalue weighted by molar-refractivity contribution is 6.05. The number of nitrogens with zero attached hydrogens (tertiary/aromatic N) is 1. The molecule has 4 nitrogen and oxygen atoms in total. The van der Waals surface area contributed by atoms with Gasteiger partial charge in [0.15, 0.2) is 0 Å². The Kier molecular flexibility index (Phi) is 3.00. The normalized spacial score (nSPS) is 9.94. The number of pyridine rings is 1. The molecule has 2 aromatic rings. The molecule has 17 heavy (non-hydrogen) atoms. The molecule has 0 radical (unpaired) electrons. The fourth-order valence-corrected chi connectivity index (χ4v) is 1.33. The number of benzene rings is 1. The molecule has 0 atom stereocenters. The van der Waals surface area contributed by atoms with Gasteiger partial charge in [-0.05, 0) is 24.3 Å². The zero-order valence-corrected chi connectivity index (χ0v) is 8.72. The molecule has 1 amide bonds. The summed E-state index contributed by atoms with van der Waals surface area (Å²) in [5.74, 6) is -1.51. The number of halogens is 1. The number of phenolic OH excluding ortho intramolecular Hbond substituents is 1. The average Bonchev–Trinajstić information content (AvgIpc) is 2.30. The third-order valence-electron chi connectivity index (χ3n) is 2.12. The number of nitrogens with one attached hydrogen (secondary N) is 1. The van der Waals surface area contributed by atoms with Crippen molar-refractivity contribution in [3.05, 3.63) is 54.1 Å². The molecule has 2 N–H and O–H groups in total. The number of carbonyl (C=O) groups is 1. The van der Waals surface area contributed by atoms with Crippen LogP contribution in [-0.2, 0) is 0 Å². The maximum Gasteiger partial charge on any atom is 0.259 e. The molecule has 0 aliphatic heterocycles. The molecule has 0 aliphatic carbocycles. The topological polar surface area (TPSA) is 62.2 Å². The lowest BCUT2D eigenvalue weighted by molar-refractivity contribution is 0.102. The van der Waals surface area contributed by atoms with Crippen molar-refractivity contribution in [1.29, 1.82) is 0 Å². The van der Waals surface area contributed by atoms with Gasteiger partial charge in [-0.2, -0.15) is 0 Å². The van der Waals surface area contributed by atoms with Gasteiger partial charge in [-0.3, -0.25) is 9.78 Å². The third-order valence-corrected chi connectivity index (χ3v) is 2.12. The van der Waals surface area contributed by atoms with Gasteiger partial charge in [-0.15, -0.1) is 0 Å². The predicted molar refractivity (Wildman–Crippen MR) is 60.3 cm³/mol. The molecule has 0 spiro atoms. The Morgan fingerprint density at radius 1 is 1.35 bits per heavy atom. The Hall–Kier alpha value is -2.43. The summed E-state index contributed by atoms with van der Waals surface area (Å²) in [7, 11) is 0. The van der Waals surface area contributed by atoms with Crippen LogP contribution in [0.1, 0.15) is 10.4 Å². The third kappa shape index (κ3) is 2.57. The van der Waals surface area contributed by atoms with Crippen LogP contribution in [0.4, 0.5) is 10.1 Å². The first-order valence-electron chi connectivity index (χ1n) is 4.87. The standard InChI is InChI=1S/C12H9FN2O2/c13-8-3-4-10(11(16)6-8)12(17)15-9-2-1-5-14-7-9/h1-7,16H,(H,15,17). The van der Waals surface area contributed by atoms with Gasteiger partial charge in [0.05, 0.1) is 17.4 Å². The minimum atomic E-state index is -0.597. The monoisotopic (exact) mass is 232 g/mol. The maximum absolute atomic E-state index is 12.7. The summed E-state index contributed by atoms with van der Waals surface area (Å²) in [5.41, 5.74) is 0.511. The Morgan fingerprint density at radius 3 is 2.82 bits per heavy atom. The molecule has 0 fully saturated rings. The number of hydrogen-bond donors (Lipinski definition) is 2. The van der Waals surface area contributed by atoms with Crippen LogP contribution in [0.15, 0.2) is 42.7 Å². The van der Waals surface area contributed by atoms with E-state index in [-0.39, 0.29) is 5.56 Å². The predicted octanol–water partition coefficient (Wildman–Crippen LogP) is 2.18. The number of amides is 1. The molecule has 0 saturated heterocycles. The van der Waals surface area contributed by atoms with Gasteiger partial charge < -0.3 is 10.4 Å². The summed E-state index contributed by atoms with van der Waals surface area (Å²) in [4.78, 5) is 15.6. The fraction of sp³-hybridized carbons (Fsp3) is 0. The molecule has 1 aromatic carbocycles. The van der Waals surface area contributed by atoms with E-state index >= 15 is 0 Å². The van der Waals surface area contributed by atoms with Crippen LogP contribution in [0, 0.1) is 5.82 Å². The van der Waals surface area contributed by atoms with Gasteiger partial charge in [-0.1, -0.05) is 0 Å². The highest BCUT2D eigenvalue weighted by Gasteiger charge is 2.11. The van der Waals surface area contributed by atoms with Crippen molar-refractivity contribution in [2.24, 2.45) is 0 Å². The summed E-state index contributed by atoms with van der Waals surface area (Å²) in [6.45, 7) is 0. The zero-order chi connectivity index (χ0) is 12.3. The number of aromatic nitrogens is 1. The van der Waals surface area contributed by atoms with E-state index in [0.29, 0.717) is 5.69 Å². The highest BCUT2D eigenvalue weighted by atomic mass is 19.1. The first kappa shape index (κ1) is 11.1. The number of aromatic hydroxyl groups is 1. The number of hydrogen-bond acceptors (Lipinski definition) is 3. The lowest BCUT2D eigenvalue weighted by Crippen LogP contribution is -2.12. The van der Waals surface area contributed by atoms with Gasteiger partial charge in [0.25, 0.3) is 5.91 Å². The molecule has 5 heteroatoms. The maximum atomic E-state index is 12.7. The molecular weight excluding hydrogens is 223 g/mol. The quantitative estimate of drug-likeness (QED) is 0.834. The van der Waals surface area contributed by atoms with Crippen molar-refractivity contribution >= 4 is 11.6 Å². The Labute approximate surface area is 96.7 Å². The van der Waals surface area contributed by atoms with E-state index in [2.05, 4.69) is 10.3 Å². The van der Waals surface area contributed by atoms with Crippen LogP contribution in [0.5, 0.6) is 5.75 Å². The van der Waals surface area contributed by atoms with Crippen LogP contribution in [0.25, 0.3) is 0 Å². The van der Waals surface area contributed by atoms with Crippen LogP contribution in [-0.4, -0.2) is 16.0 Å². The number of rotatable bonds is 2. The largest absolute Gasteiger partial charge is 0.507 e. The number of anilines is 1.